The number of carbonyl (C=O) groups is 1. The molecular weight excluding hydrogens is 309 g/mol. The number of hydrogen-bond acceptors (Lipinski definition) is 6. The quantitative estimate of drug-likeness (QED) is 0.582. The lowest BCUT2D eigenvalue weighted by Gasteiger charge is -2.06. The van der Waals surface area contributed by atoms with Crippen molar-refractivity contribution in [3.63, 3.8) is 0 Å². The first-order valence-electron chi connectivity index (χ1n) is 6.25. The zero-order valence-electron chi connectivity index (χ0n) is 11.3. The smallest absolute Gasteiger partial charge is 0.395 e. The number of nitrogens with one attached hydrogen (secondary N) is 1. The Balaban J connectivity index is 1.78. The van der Waals surface area contributed by atoms with Crippen molar-refractivity contribution >= 4 is 17.5 Å². The van der Waals surface area contributed by atoms with E-state index in [0.717, 1.165) is 18.2 Å². The topological polar surface area (TPSA) is 116 Å². The van der Waals surface area contributed by atoms with Gasteiger partial charge < -0.3 is 9.73 Å². The highest BCUT2D eigenvalue weighted by Crippen LogP contribution is 2.20. The van der Waals surface area contributed by atoms with Crippen LogP contribution in [0.5, 0.6) is 0 Å². The fraction of sp³-hybridized carbons (Fsp3) is 0. The van der Waals surface area contributed by atoms with Crippen LogP contribution in [0.3, 0.4) is 0 Å². The summed E-state index contributed by atoms with van der Waals surface area (Å²) in [4.78, 5) is 25.4. The Morgan fingerprint density at radius 2 is 2.17 bits per heavy atom. The number of rotatable bonds is 4. The van der Waals surface area contributed by atoms with Crippen molar-refractivity contribution in [2.24, 2.45) is 0 Å². The van der Waals surface area contributed by atoms with E-state index in [1.54, 1.807) is 0 Å². The number of nitro groups is 1. The Kier molecular flexibility index (Phi) is 3.55. The van der Waals surface area contributed by atoms with E-state index in [1.165, 1.54) is 29.5 Å². The Hall–Kier alpha value is -3.56. The van der Waals surface area contributed by atoms with Gasteiger partial charge in [-0.1, -0.05) is 0 Å². The highest BCUT2D eigenvalue weighted by Gasteiger charge is 2.18. The molecule has 3 aromatic rings. The van der Waals surface area contributed by atoms with E-state index in [2.05, 4.69) is 15.4 Å². The summed E-state index contributed by atoms with van der Waals surface area (Å²) in [6.07, 6.45) is 2.59. The minimum atomic E-state index is -0.761. The molecule has 9 nitrogen and oxygen atoms in total. The molecule has 0 saturated heterocycles. The van der Waals surface area contributed by atoms with E-state index in [-0.39, 0.29) is 17.1 Å². The molecule has 1 N–H and O–H groups in total. The average Bonchev–Trinajstić information content (AvgIpc) is 3.19. The van der Waals surface area contributed by atoms with Crippen molar-refractivity contribution in [3.05, 3.63) is 64.7 Å². The van der Waals surface area contributed by atoms with Gasteiger partial charge in [-0.05, 0) is 24.3 Å². The fourth-order valence-electron chi connectivity index (χ4n) is 1.84. The first kappa shape index (κ1) is 14.4. The maximum absolute atomic E-state index is 14.0. The normalized spacial score (nSPS) is 10.5. The average molecular weight is 317 g/mol. The van der Waals surface area contributed by atoms with Gasteiger partial charge in [-0.2, -0.15) is 5.10 Å². The first-order valence-corrected chi connectivity index (χ1v) is 6.25. The number of carbonyl (C=O) groups excluding carboxylic acids is 1. The molecule has 23 heavy (non-hydrogen) atoms. The van der Waals surface area contributed by atoms with E-state index in [1.807, 2.05) is 0 Å². The van der Waals surface area contributed by atoms with Gasteiger partial charge in [0.15, 0.2) is 11.6 Å². The first-order chi connectivity index (χ1) is 11.0. The summed E-state index contributed by atoms with van der Waals surface area (Å²) < 4.78 is 20.0. The molecule has 10 heteroatoms. The van der Waals surface area contributed by atoms with Crippen LogP contribution in [0.1, 0.15) is 10.6 Å². The van der Waals surface area contributed by atoms with Crippen molar-refractivity contribution in [3.8, 4) is 5.69 Å². The summed E-state index contributed by atoms with van der Waals surface area (Å²) in [5.74, 6) is -2.16. The van der Waals surface area contributed by atoms with Gasteiger partial charge in [0, 0.05) is 5.69 Å². The van der Waals surface area contributed by atoms with E-state index in [4.69, 9.17) is 4.42 Å². The van der Waals surface area contributed by atoms with Gasteiger partial charge in [0.1, 0.15) is 23.3 Å². The lowest BCUT2D eigenvalue weighted by atomic mass is 10.2. The predicted molar refractivity (Wildman–Crippen MR) is 74.6 cm³/mol. The number of nitrogens with zero attached hydrogens (tertiary/aromatic N) is 4. The van der Waals surface area contributed by atoms with Crippen LogP contribution in [0.4, 0.5) is 16.0 Å². The molecule has 0 bridgehead atoms. The molecule has 1 aromatic carbocycles. The van der Waals surface area contributed by atoms with Crippen LogP contribution in [-0.2, 0) is 0 Å². The molecule has 2 aromatic heterocycles. The molecule has 0 aliphatic heterocycles. The second kappa shape index (κ2) is 5.67. The van der Waals surface area contributed by atoms with Gasteiger partial charge in [0.2, 0.25) is 0 Å². The van der Waals surface area contributed by atoms with Gasteiger partial charge in [-0.15, -0.1) is 0 Å². The van der Waals surface area contributed by atoms with Crippen LogP contribution in [0.25, 0.3) is 5.69 Å². The molecule has 0 aliphatic rings. The number of benzene rings is 1. The molecule has 0 fully saturated rings. The van der Waals surface area contributed by atoms with Crippen LogP contribution >= 0.6 is 0 Å². The maximum atomic E-state index is 14.0. The fourth-order valence-corrected chi connectivity index (χ4v) is 1.84. The molecule has 116 valence electrons. The zero-order chi connectivity index (χ0) is 16.4. The van der Waals surface area contributed by atoms with Gasteiger partial charge in [-0.3, -0.25) is 14.9 Å². The largest absolute Gasteiger partial charge is 0.433 e. The number of furan rings is 1. The Morgan fingerprint density at radius 1 is 1.35 bits per heavy atom. The summed E-state index contributed by atoms with van der Waals surface area (Å²) in [6.45, 7) is 0. The lowest BCUT2D eigenvalue weighted by Crippen LogP contribution is -2.11. The number of anilines is 1. The second-order valence-corrected chi connectivity index (χ2v) is 4.36. The van der Waals surface area contributed by atoms with Crippen molar-refractivity contribution in [1.29, 1.82) is 0 Å². The maximum Gasteiger partial charge on any atom is 0.433 e. The highest BCUT2D eigenvalue weighted by atomic mass is 19.1. The van der Waals surface area contributed by atoms with Crippen molar-refractivity contribution in [2.45, 2.75) is 0 Å². The third-order valence-corrected chi connectivity index (χ3v) is 2.87. The van der Waals surface area contributed by atoms with Crippen LogP contribution in [0, 0.1) is 15.9 Å². The molecule has 0 radical (unpaired) electrons. The Labute approximate surface area is 127 Å². The number of hydrogen-bond donors (Lipinski definition) is 1. The Morgan fingerprint density at radius 3 is 2.78 bits per heavy atom. The van der Waals surface area contributed by atoms with Crippen molar-refractivity contribution < 1.29 is 18.5 Å². The Bertz CT molecular complexity index is 874. The zero-order valence-corrected chi connectivity index (χ0v) is 11.3. The van der Waals surface area contributed by atoms with E-state index < -0.39 is 22.5 Å². The molecule has 0 aliphatic carbocycles. The molecule has 0 unspecified atom stereocenters. The monoisotopic (exact) mass is 317 g/mol. The third-order valence-electron chi connectivity index (χ3n) is 2.87. The van der Waals surface area contributed by atoms with Crippen LogP contribution in [-0.4, -0.2) is 25.6 Å². The molecule has 2 heterocycles. The van der Waals surface area contributed by atoms with E-state index in [9.17, 15) is 19.3 Å². The van der Waals surface area contributed by atoms with Crippen LogP contribution < -0.4 is 5.32 Å². The summed E-state index contributed by atoms with van der Waals surface area (Å²) in [6, 6.07) is 6.17. The molecular formula is C13H8FN5O4. The van der Waals surface area contributed by atoms with Crippen molar-refractivity contribution in [1.82, 2.24) is 14.8 Å². The molecule has 1 amide bonds. The molecule has 0 atom stereocenters. The SMILES string of the molecule is O=C(Nc1ccc(-n2cncn2)c(F)c1)c1ccc([N+](=O)[O-])o1. The van der Waals surface area contributed by atoms with Crippen LogP contribution in [0.2, 0.25) is 0 Å². The van der Waals surface area contributed by atoms with Crippen LogP contribution in [0.15, 0.2) is 47.4 Å². The predicted octanol–water partition coefficient (Wildman–Crippen LogP) is 2.16. The minimum Gasteiger partial charge on any atom is -0.395 e. The van der Waals surface area contributed by atoms with Gasteiger partial charge in [-0.25, -0.2) is 14.1 Å². The third kappa shape index (κ3) is 2.90. The molecule has 3 rings (SSSR count). The summed E-state index contributed by atoms with van der Waals surface area (Å²) in [5.41, 5.74) is 0.324. The lowest BCUT2D eigenvalue weighted by molar-refractivity contribution is -0.402. The number of halogens is 1. The highest BCUT2D eigenvalue weighted by molar-refractivity contribution is 6.02. The second-order valence-electron chi connectivity index (χ2n) is 4.36. The molecule has 0 spiro atoms. The summed E-state index contributed by atoms with van der Waals surface area (Å²) in [7, 11) is 0. The van der Waals surface area contributed by atoms with Crippen molar-refractivity contribution in [2.75, 3.05) is 5.32 Å². The standard InChI is InChI=1S/C13H8FN5O4/c14-9-5-8(1-2-10(9)18-7-15-6-16-18)17-13(20)11-3-4-12(23-11)19(21)22/h1-7H,(H,17,20). The number of amides is 1. The number of aromatic nitrogens is 3. The van der Waals surface area contributed by atoms with Gasteiger partial charge in [0.25, 0.3) is 5.91 Å². The summed E-state index contributed by atoms with van der Waals surface area (Å²) in [5, 5.41) is 16.7. The van der Waals surface area contributed by atoms with Gasteiger partial charge >= 0.3 is 5.88 Å². The minimum absolute atomic E-state index is 0.161. The summed E-state index contributed by atoms with van der Waals surface area (Å²) >= 11 is 0. The van der Waals surface area contributed by atoms with E-state index in [0.29, 0.717) is 0 Å². The van der Waals surface area contributed by atoms with E-state index >= 15 is 0 Å². The van der Waals surface area contributed by atoms with Gasteiger partial charge in [0.05, 0.1) is 6.07 Å². The molecule has 0 saturated carbocycles.